The Labute approximate surface area is 211 Å². The summed E-state index contributed by atoms with van der Waals surface area (Å²) in [5.74, 6) is 0.300. The van der Waals surface area contributed by atoms with E-state index in [1.807, 2.05) is 26.0 Å². The number of ether oxygens (including phenoxy) is 1. The molecule has 192 valence electrons. The maximum absolute atomic E-state index is 13.0. The third-order valence-corrected chi connectivity index (χ3v) is 9.07. The second kappa shape index (κ2) is 11.2. The first-order valence-electron chi connectivity index (χ1n) is 12.3. The third kappa shape index (κ3) is 6.52. The topological polar surface area (TPSA) is 121 Å². The second-order valence-corrected chi connectivity index (χ2v) is 12.2. The standard InChI is InChI=1S/C24H35N5O4S2/c1-4-27-35(31,32)22-11-18(28-19-12-25-13-19)9-10-20(22)21-14-26-23(34-21)16-5-7-17(8-6-16)29-24(30)33-15(2)3/h9-11,14-17,19,25,27-28H,4-8,12-13H2,1-3H3,(H,29,30). The Morgan fingerprint density at radius 3 is 2.57 bits per heavy atom. The first-order chi connectivity index (χ1) is 16.7. The number of carbonyl (C=O) groups is 1. The first kappa shape index (κ1) is 25.9. The van der Waals surface area contributed by atoms with Crippen LogP contribution in [-0.2, 0) is 14.8 Å². The Bertz CT molecular complexity index is 1120. The van der Waals surface area contributed by atoms with Crippen molar-refractivity contribution in [1.29, 1.82) is 0 Å². The van der Waals surface area contributed by atoms with Crippen molar-refractivity contribution >= 4 is 33.1 Å². The molecule has 0 unspecified atom stereocenters. The van der Waals surface area contributed by atoms with Gasteiger partial charge in [0, 0.05) is 49.0 Å². The Balaban J connectivity index is 1.48. The Morgan fingerprint density at radius 1 is 1.20 bits per heavy atom. The van der Waals surface area contributed by atoms with Gasteiger partial charge in [0.2, 0.25) is 10.0 Å². The number of rotatable bonds is 9. The van der Waals surface area contributed by atoms with Crippen LogP contribution in [0.3, 0.4) is 0 Å². The smallest absolute Gasteiger partial charge is 0.407 e. The predicted octanol–water partition coefficient (Wildman–Crippen LogP) is 3.65. The minimum absolute atomic E-state index is 0.111. The SMILES string of the molecule is CCNS(=O)(=O)c1cc(NC2CNC2)ccc1-c1cnc(C2CCC(NC(=O)OC(C)C)CC2)s1. The summed E-state index contributed by atoms with van der Waals surface area (Å²) < 4.78 is 33.9. The number of sulfonamides is 1. The molecule has 11 heteroatoms. The third-order valence-electron chi connectivity index (χ3n) is 6.29. The van der Waals surface area contributed by atoms with E-state index in [9.17, 15) is 13.2 Å². The predicted molar refractivity (Wildman–Crippen MR) is 138 cm³/mol. The average molecular weight is 522 g/mol. The van der Waals surface area contributed by atoms with Gasteiger partial charge in [-0.2, -0.15) is 0 Å². The summed E-state index contributed by atoms with van der Waals surface area (Å²) in [4.78, 5) is 17.7. The molecule has 2 heterocycles. The number of aromatic nitrogens is 1. The number of benzene rings is 1. The van der Waals surface area contributed by atoms with Crippen LogP contribution >= 0.6 is 11.3 Å². The van der Waals surface area contributed by atoms with Crippen LogP contribution < -0.4 is 20.7 Å². The molecule has 0 radical (unpaired) electrons. The van der Waals surface area contributed by atoms with Gasteiger partial charge in [0.05, 0.1) is 26.9 Å². The summed E-state index contributed by atoms with van der Waals surface area (Å²) in [5.41, 5.74) is 1.46. The summed E-state index contributed by atoms with van der Waals surface area (Å²) in [7, 11) is -3.66. The molecule has 0 atom stereocenters. The van der Waals surface area contributed by atoms with Gasteiger partial charge in [0.1, 0.15) is 0 Å². The van der Waals surface area contributed by atoms with E-state index in [1.54, 1.807) is 30.5 Å². The highest BCUT2D eigenvalue weighted by Gasteiger charge is 2.27. The van der Waals surface area contributed by atoms with Gasteiger partial charge in [-0.3, -0.25) is 0 Å². The van der Waals surface area contributed by atoms with E-state index in [-0.39, 0.29) is 23.1 Å². The summed E-state index contributed by atoms with van der Waals surface area (Å²) in [6, 6.07) is 5.95. The van der Waals surface area contributed by atoms with E-state index in [1.165, 1.54) is 0 Å². The van der Waals surface area contributed by atoms with Crippen molar-refractivity contribution in [2.24, 2.45) is 0 Å². The molecular formula is C24H35N5O4S2. The van der Waals surface area contributed by atoms with E-state index >= 15 is 0 Å². The first-order valence-corrected chi connectivity index (χ1v) is 14.6. The molecular weight excluding hydrogens is 486 g/mol. The highest BCUT2D eigenvalue weighted by atomic mass is 32.2. The fourth-order valence-electron chi connectivity index (χ4n) is 4.43. The molecule has 0 spiro atoms. The molecule has 4 rings (SSSR count). The van der Waals surface area contributed by atoms with E-state index < -0.39 is 10.0 Å². The number of nitrogens with zero attached hydrogens (tertiary/aromatic N) is 1. The van der Waals surface area contributed by atoms with Crippen LogP contribution in [0.15, 0.2) is 29.3 Å². The van der Waals surface area contributed by atoms with Crippen LogP contribution in [0.2, 0.25) is 0 Å². The molecule has 2 fully saturated rings. The normalized spacial score (nSPS) is 20.9. The number of amides is 1. The Hall–Kier alpha value is -2.21. The van der Waals surface area contributed by atoms with Gasteiger partial charge in [0.25, 0.3) is 0 Å². The van der Waals surface area contributed by atoms with Gasteiger partial charge in [0.15, 0.2) is 0 Å². The van der Waals surface area contributed by atoms with Gasteiger partial charge in [-0.1, -0.05) is 13.0 Å². The zero-order valence-corrected chi connectivity index (χ0v) is 22.1. The summed E-state index contributed by atoms with van der Waals surface area (Å²) in [5, 5.41) is 10.6. The lowest BCUT2D eigenvalue weighted by molar-refractivity contribution is 0.109. The van der Waals surface area contributed by atoms with Crippen LogP contribution in [-0.4, -0.2) is 57.3 Å². The van der Waals surface area contributed by atoms with Crippen molar-refractivity contribution in [3.05, 3.63) is 29.4 Å². The number of hydrogen-bond acceptors (Lipinski definition) is 8. The van der Waals surface area contributed by atoms with Crippen LogP contribution in [0.5, 0.6) is 0 Å². The molecule has 1 aliphatic heterocycles. The van der Waals surface area contributed by atoms with Gasteiger partial charge < -0.3 is 20.7 Å². The number of carbonyl (C=O) groups excluding carboxylic acids is 1. The lowest BCUT2D eigenvalue weighted by atomic mass is 9.86. The molecule has 4 N–H and O–H groups in total. The number of alkyl carbamates (subject to hydrolysis) is 1. The largest absolute Gasteiger partial charge is 0.447 e. The molecule has 2 aromatic rings. The molecule has 9 nitrogen and oxygen atoms in total. The quantitative estimate of drug-likeness (QED) is 0.397. The molecule has 1 amide bonds. The maximum atomic E-state index is 13.0. The van der Waals surface area contributed by atoms with Crippen molar-refractivity contribution in [3.8, 4) is 10.4 Å². The summed E-state index contributed by atoms with van der Waals surface area (Å²) in [6.45, 7) is 7.50. The van der Waals surface area contributed by atoms with Crippen LogP contribution in [0.4, 0.5) is 10.5 Å². The maximum Gasteiger partial charge on any atom is 0.407 e. The van der Waals surface area contributed by atoms with Crippen molar-refractivity contribution in [1.82, 2.24) is 20.3 Å². The van der Waals surface area contributed by atoms with E-state index in [0.29, 0.717) is 24.1 Å². The van der Waals surface area contributed by atoms with Gasteiger partial charge >= 0.3 is 6.09 Å². The summed E-state index contributed by atoms with van der Waals surface area (Å²) in [6.07, 6.45) is 4.85. The highest BCUT2D eigenvalue weighted by molar-refractivity contribution is 7.89. The Kier molecular flexibility index (Phi) is 8.31. The van der Waals surface area contributed by atoms with E-state index in [0.717, 1.165) is 54.3 Å². The fourth-order valence-corrected chi connectivity index (χ4v) is 6.91. The zero-order chi connectivity index (χ0) is 25.0. The van der Waals surface area contributed by atoms with Crippen molar-refractivity contribution in [2.75, 3.05) is 25.0 Å². The average Bonchev–Trinajstić information content (AvgIpc) is 3.26. The Morgan fingerprint density at radius 2 is 1.94 bits per heavy atom. The minimum Gasteiger partial charge on any atom is -0.447 e. The highest BCUT2D eigenvalue weighted by Crippen LogP contribution is 2.40. The lowest BCUT2D eigenvalue weighted by Crippen LogP contribution is -2.51. The van der Waals surface area contributed by atoms with Crippen molar-refractivity contribution in [3.63, 3.8) is 0 Å². The molecule has 1 saturated carbocycles. The van der Waals surface area contributed by atoms with E-state index in [2.05, 4.69) is 25.7 Å². The zero-order valence-electron chi connectivity index (χ0n) is 20.5. The molecule has 1 saturated heterocycles. The molecule has 0 bridgehead atoms. The molecule has 1 aromatic carbocycles. The monoisotopic (exact) mass is 521 g/mol. The number of hydrogen-bond donors (Lipinski definition) is 4. The van der Waals surface area contributed by atoms with E-state index in [4.69, 9.17) is 4.74 Å². The number of anilines is 1. The summed E-state index contributed by atoms with van der Waals surface area (Å²) >= 11 is 1.55. The molecule has 1 aromatic heterocycles. The van der Waals surface area contributed by atoms with Crippen LogP contribution in [0, 0.1) is 0 Å². The van der Waals surface area contributed by atoms with Crippen LogP contribution in [0.25, 0.3) is 10.4 Å². The molecule has 2 aliphatic rings. The minimum atomic E-state index is -3.66. The lowest BCUT2D eigenvalue weighted by Gasteiger charge is -2.29. The molecule has 35 heavy (non-hydrogen) atoms. The van der Waals surface area contributed by atoms with Gasteiger partial charge in [-0.05, 0) is 51.7 Å². The van der Waals surface area contributed by atoms with Gasteiger partial charge in [-0.15, -0.1) is 11.3 Å². The van der Waals surface area contributed by atoms with Crippen molar-refractivity contribution in [2.45, 2.75) is 75.5 Å². The fraction of sp³-hybridized carbons (Fsp3) is 0.583. The second-order valence-electron chi connectivity index (χ2n) is 9.42. The molecule has 1 aliphatic carbocycles. The van der Waals surface area contributed by atoms with Crippen LogP contribution in [0.1, 0.15) is 57.4 Å². The number of thiazole rings is 1. The van der Waals surface area contributed by atoms with Crippen molar-refractivity contribution < 1.29 is 17.9 Å². The number of nitrogens with one attached hydrogen (secondary N) is 4. The van der Waals surface area contributed by atoms with Gasteiger partial charge in [-0.25, -0.2) is 22.9 Å².